The van der Waals surface area contributed by atoms with Crippen molar-refractivity contribution in [3.8, 4) is 78.5 Å². The Hall–Kier alpha value is -7.49. The predicted molar refractivity (Wildman–Crippen MR) is 233 cm³/mol. The van der Waals surface area contributed by atoms with Crippen LogP contribution in [0.15, 0.2) is 212 Å². The third kappa shape index (κ3) is 6.31. The number of hydrogen-bond donors (Lipinski definition) is 0. The summed E-state index contributed by atoms with van der Waals surface area (Å²) in [5.41, 5.74) is 14.9. The molecule has 10 rings (SSSR count). The maximum Gasteiger partial charge on any atom is 0.160 e. The molecule has 0 fully saturated rings. The van der Waals surface area contributed by atoms with Gasteiger partial charge in [0.2, 0.25) is 0 Å². The zero-order valence-corrected chi connectivity index (χ0v) is 30.5. The number of nitrogens with zero attached hydrogens (tertiary/aromatic N) is 3. The van der Waals surface area contributed by atoms with Gasteiger partial charge in [-0.3, -0.25) is 0 Å². The first-order valence-electron chi connectivity index (χ1n) is 18.9. The van der Waals surface area contributed by atoms with Crippen molar-refractivity contribution in [2.45, 2.75) is 0 Å². The van der Waals surface area contributed by atoms with Crippen LogP contribution < -0.4 is 0 Å². The third-order valence-corrected chi connectivity index (χ3v) is 10.5. The maximum atomic E-state index is 5.42. The Kier molecular flexibility index (Phi) is 8.51. The van der Waals surface area contributed by atoms with E-state index in [-0.39, 0.29) is 0 Å². The fourth-order valence-electron chi connectivity index (χ4n) is 7.67. The summed E-state index contributed by atoms with van der Waals surface area (Å²) in [5, 5.41) is 3.48. The van der Waals surface area contributed by atoms with Crippen LogP contribution in [0, 0.1) is 0 Å². The summed E-state index contributed by atoms with van der Waals surface area (Å²) < 4.78 is 0. The summed E-state index contributed by atoms with van der Waals surface area (Å²) >= 11 is 0. The lowest BCUT2D eigenvalue weighted by Crippen LogP contribution is -1.95. The number of pyridine rings is 1. The van der Waals surface area contributed by atoms with E-state index in [0.29, 0.717) is 5.82 Å². The van der Waals surface area contributed by atoms with Crippen molar-refractivity contribution in [1.82, 2.24) is 15.0 Å². The average molecular weight is 714 g/mol. The van der Waals surface area contributed by atoms with E-state index in [0.717, 1.165) is 66.8 Å². The van der Waals surface area contributed by atoms with Gasteiger partial charge in [-0.1, -0.05) is 200 Å². The van der Waals surface area contributed by atoms with Crippen molar-refractivity contribution < 1.29 is 0 Å². The van der Waals surface area contributed by atoms with Crippen LogP contribution in [0.1, 0.15) is 0 Å². The largest absolute Gasteiger partial charge is 0.247 e. The summed E-state index contributed by atoms with van der Waals surface area (Å²) in [4.78, 5) is 15.4. The molecule has 0 amide bonds. The van der Waals surface area contributed by atoms with E-state index in [2.05, 4.69) is 176 Å². The Balaban J connectivity index is 1.08. The van der Waals surface area contributed by atoms with Gasteiger partial charge in [-0.25, -0.2) is 15.0 Å². The molecule has 0 unspecified atom stereocenters. The number of aromatic nitrogens is 3. The van der Waals surface area contributed by atoms with Crippen LogP contribution in [0.4, 0.5) is 0 Å². The molecular weight excluding hydrogens is 679 g/mol. The molecule has 2 heterocycles. The van der Waals surface area contributed by atoms with Gasteiger partial charge >= 0.3 is 0 Å². The second kappa shape index (κ2) is 14.4. The summed E-state index contributed by atoms with van der Waals surface area (Å²) in [6.07, 6.45) is 0. The van der Waals surface area contributed by atoms with Gasteiger partial charge in [-0.2, -0.15) is 0 Å². The highest BCUT2D eigenvalue weighted by Crippen LogP contribution is 2.40. The molecule has 0 saturated heterocycles. The van der Waals surface area contributed by atoms with Crippen molar-refractivity contribution >= 4 is 21.7 Å². The van der Waals surface area contributed by atoms with E-state index in [1.54, 1.807) is 0 Å². The molecule has 2 aromatic heterocycles. The van der Waals surface area contributed by atoms with E-state index in [9.17, 15) is 0 Å². The minimum atomic E-state index is 0.708. The Morgan fingerprint density at radius 2 is 0.732 bits per heavy atom. The van der Waals surface area contributed by atoms with Crippen molar-refractivity contribution in [3.05, 3.63) is 212 Å². The fourth-order valence-corrected chi connectivity index (χ4v) is 7.67. The first kappa shape index (κ1) is 33.1. The van der Waals surface area contributed by atoms with Crippen LogP contribution in [0.5, 0.6) is 0 Å². The number of benzene rings is 8. The Labute approximate surface area is 326 Å². The monoisotopic (exact) mass is 713 g/mol. The molecule has 0 spiro atoms. The second-order valence-electron chi connectivity index (χ2n) is 14.0. The Morgan fingerprint density at radius 1 is 0.268 bits per heavy atom. The zero-order chi connectivity index (χ0) is 37.3. The van der Waals surface area contributed by atoms with Crippen molar-refractivity contribution in [2.75, 3.05) is 0 Å². The lowest BCUT2D eigenvalue weighted by atomic mass is 9.91. The standard InChI is InChI=1S/C53H35N3/c1-5-14-36(15-6-1)37-26-30-42(31-27-37)52-47-23-13-22-45(39-16-7-2-8-17-39)51(47)46-33-32-44(34-50(46)54-52)38-24-28-41(29-25-38)49-35-48(40-18-9-3-10-19-40)55-53(56-49)43-20-11-4-12-21-43/h1-35H. The highest BCUT2D eigenvalue weighted by Gasteiger charge is 2.16. The van der Waals surface area contributed by atoms with Gasteiger partial charge in [0, 0.05) is 38.4 Å². The molecule has 0 N–H and O–H groups in total. The van der Waals surface area contributed by atoms with Crippen molar-refractivity contribution in [3.63, 3.8) is 0 Å². The molecule has 0 atom stereocenters. The van der Waals surface area contributed by atoms with Crippen LogP contribution in [0.2, 0.25) is 0 Å². The molecule has 0 saturated carbocycles. The lowest BCUT2D eigenvalue weighted by Gasteiger charge is -2.15. The fraction of sp³-hybridized carbons (Fsp3) is 0. The topological polar surface area (TPSA) is 38.7 Å². The average Bonchev–Trinajstić information content (AvgIpc) is 3.29. The highest BCUT2D eigenvalue weighted by atomic mass is 14.9. The molecule has 262 valence electrons. The van der Waals surface area contributed by atoms with Crippen LogP contribution in [-0.2, 0) is 0 Å². The van der Waals surface area contributed by atoms with Crippen molar-refractivity contribution in [2.24, 2.45) is 0 Å². The summed E-state index contributed by atoms with van der Waals surface area (Å²) in [7, 11) is 0. The van der Waals surface area contributed by atoms with Gasteiger partial charge < -0.3 is 0 Å². The van der Waals surface area contributed by atoms with E-state index < -0.39 is 0 Å². The minimum absolute atomic E-state index is 0.708. The summed E-state index contributed by atoms with van der Waals surface area (Å²) in [5.74, 6) is 0.708. The van der Waals surface area contributed by atoms with Gasteiger partial charge in [-0.15, -0.1) is 0 Å². The predicted octanol–water partition coefficient (Wildman–Crippen LogP) is 13.8. The molecule has 3 heteroatoms. The molecule has 0 aliphatic carbocycles. The normalized spacial score (nSPS) is 11.2. The molecule has 8 aromatic carbocycles. The number of fused-ring (bicyclic) bond motifs is 3. The molecule has 10 aromatic rings. The second-order valence-corrected chi connectivity index (χ2v) is 14.0. The molecule has 3 nitrogen and oxygen atoms in total. The van der Waals surface area contributed by atoms with Crippen LogP contribution in [0.25, 0.3) is 100 Å². The van der Waals surface area contributed by atoms with Gasteiger partial charge in [0.25, 0.3) is 0 Å². The SMILES string of the molecule is c1ccc(-c2ccc(-c3nc4cc(-c5ccc(-c6cc(-c7ccccc7)nc(-c7ccccc7)n6)cc5)ccc4c4c(-c5ccccc5)cccc34)cc2)cc1. The van der Waals surface area contributed by atoms with Crippen LogP contribution >= 0.6 is 0 Å². The quantitative estimate of drug-likeness (QED) is 0.154. The zero-order valence-electron chi connectivity index (χ0n) is 30.5. The van der Waals surface area contributed by atoms with E-state index in [4.69, 9.17) is 15.0 Å². The number of hydrogen-bond acceptors (Lipinski definition) is 3. The van der Waals surface area contributed by atoms with Crippen molar-refractivity contribution in [1.29, 1.82) is 0 Å². The molecule has 0 bridgehead atoms. The van der Waals surface area contributed by atoms with Crippen LogP contribution in [0.3, 0.4) is 0 Å². The van der Waals surface area contributed by atoms with Gasteiger partial charge in [-0.05, 0) is 45.5 Å². The lowest BCUT2D eigenvalue weighted by molar-refractivity contribution is 1.18. The molecule has 0 aliphatic rings. The van der Waals surface area contributed by atoms with E-state index in [1.165, 1.54) is 27.6 Å². The maximum absolute atomic E-state index is 5.42. The van der Waals surface area contributed by atoms with Gasteiger partial charge in [0.05, 0.1) is 22.6 Å². The molecule has 0 radical (unpaired) electrons. The number of rotatable bonds is 7. The first-order chi connectivity index (χ1) is 27.7. The molecule has 56 heavy (non-hydrogen) atoms. The third-order valence-electron chi connectivity index (χ3n) is 10.5. The molecule has 0 aliphatic heterocycles. The van der Waals surface area contributed by atoms with Gasteiger partial charge in [0.15, 0.2) is 5.82 Å². The first-order valence-corrected chi connectivity index (χ1v) is 18.9. The Morgan fingerprint density at radius 3 is 1.36 bits per heavy atom. The van der Waals surface area contributed by atoms with Gasteiger partial charge in [0.1, 0.15) is 0 Å². The smallest absolute Gasteiger partial charge is 0.160 e. The van der Waals surface area contributed by atoms with E-state index >= 15 is 0 Å². The summed E-state index contributed by atoms with van der Waals surface area (Å²) in [6, 6.07) is 74.5. The Bertz CT molecular complexity index is 2900. The highest BCUT2D eigenvalue weighted by molar-refractivity contribution is 6.17. The minimum Gasteiger partial charge on any atom is -0.247 e. The molecular formula is C53H35N3. The van der Waals surface area contributed by atoms with E-state index in [1.807, 2.05) is 36.4 Å². The van der Waals surface area contributed by atoms with Crippen LogP contribution in [-0.4, -0.2) is 15.0 Å². The summed E-state index contributed by atoms with van der Waals surface area (Å²) in [6.45, 7) is 0.